The summed E-state index contributed by atoms with van der Waals surface area (Å²) < 4.78 is 8.73. The predicted molar refractivity (Wildman–Crippen MR) is 234 cm³/mol. The molecule has 260 valence electrons. The summed E-state index contributed by atoms with van der Waals surface area (Å²) in [5.41, 5.74) is 6.80. The van der Waals surface area contributed by atoms with Gasteiger partial charge in [0.05, 0.1) is 0 Å². The van der Waals surface area contributed by atoms with E-state index in [9.17, 15) is 0 Å². The number of hydrogen-bond acceptors (Lipinski definition) is 5. The Balaban J connectivity index is 1.16. The molecule has 0 aliphatic rings. The van der Waals surface area contributed by atoms with Crippen LogP contribution in [0.3, 0.4) is 0 Å². The van der Waals surface area contributed by atoms with E-state index < -0.39 is 0 Å². The van der Waals surface area contributed by atoms with Crippen molar-refractivity contribution in [2.24, 2.45) is 0 Å². The van der Waals surface area contributed by atoms with E-state index in [1.807, 2.05) is 18.2 Å². The maximum absolute atomic E-state index is 6.28. The number of para-hydroxylation sites is 1. The number of thiophene rings is 1. The standard InChI is InChI=1S/C51H29N3OS/c1-4-17-35-30(12-1)26-27-37-34-16-3-2-13-32(34)29-41(46(35)37)51-53-49(52-50(54-51)40-21-11-25-45-48(40)39-19-6-8-24-44(39)56-45)33-15-9-14-31(28-33)36-20-10-23-43-47(36)38-18-5-7-22-42(38)55-43/h1-29H. The third-order valence-electron chi connectivity index (χ3n) is 11.1. The minimum Gasteiger partial charge on any atom is -0.456 e. The fraction of sp³-hybridized carbons (Fsp3) is 0. The molecule has 0 saturated heterocycles. The second-order valence-electron chi connectivity index (χ2n) is 14.3. The molecule has 12 rings (SSSR count). The molecule has 5 heteroatoms. The summed E-state index contributed by atoms with van der Waals surface area (Å²) in [4.78, 5) is 16.2. The third kappa shape index (κ3) is 4.75. The zero-order valence-electron chi connectivity index (χ0n) is 29.9. The Morgan fingerprint density at radius 2 is 0.982 bits per heavy atom. The van der Waals surface area contributed by atoms with Crippen LogP contribution in [-0.4, -0.2) is 15.0 Å². The lowest BCUT2D eigenvalue weighted by atomic mass is 9.92. The number of benzene rings is 9. The SMILES string of the molecule is c1cc(-c2nc(-c3cccc4sc5ccccc5c34)nc(-c3cc4ccccc4c4ccc5ccccc5c34)n2)cc(-c2cccc3oc4ccccc4c23)c1. The van der Waals surface area contributed by atoms with E-state index in [2.05, 4.69) is 158 Å². The minimum atomic E-state index is 0.620. The van der Waals surface area contributed by atoms with Crippen LogP contribution >= 0.6 is 11.3 Å². The first-order valence-corrected chi connectivity index (χ1v) is 19.6. The topological polar surface area (TPSA) is 51.8 Å². The van der Waals surface area contributed by atoms with Crippen LogP contribution in [0.25, 0.3) is 120 Å². The second kappa shape index (κ2) is 12.2. The predicted octanol–water partition coefficient (Wildman–Crippen LogP) is 14.3. The van der Waals surface area contributed by atoms with E-state index >= 15 is 0 Å². The molecule has 0 radical (unpaired) electrons. The highest BCUT2D eigenvalue weighted by molar-refractivity contribution is 7.25. The molecule has 56 heavy (non-hydrogen) atoms. The highest BCUT2D eigenvalue weighted by atomic mass is 32.1. The van der Waals surface area contributed by atoms with E-state index in [1.54, 1.807) is 11.3 Å². The summed E-state index contributed by atoms with van der Waals surface area (Å²) >= 11 is 1.80. The number of nitrogens with zero attached hydrogens (tertiary/aromatic N) is 3. The highest BCUT2D eigenvalue weighted by Gasteiger charge is 2.21. The molecule has 0 aliphatic heterocycles. The van der Waals surface area contributed by atoms with Gasteiger partial charge in [-0.05, 0) is 74.5 Å². The van der Waals surface area contributed by atoms with Crippen molar-refractivity contribution in [3.8, 4) is 45.3 Å². The van der Waals surface area contributed by atoms with Crippen LogP contribution in [0.2, 0.25) is 0 Å². The lowest BCUT2D eigenvalue weighted by molar-refractivity contribution is 0.669. The maximum Gasteiger partial charge on any atom is 0.164 e. The zero-order chi connectivity index (χ0) is 36.7. The molecule has 0 saturated carbocycles. The zero-order valence-corrected chi connectivity index (χ0v) is 30.7. The molecule has 0 spiro atoms. The second-order valence-corrected chi connectivity index (χ2v) is 15.4. The molecule has 0 aliphatic carbocycles. The largest absolute Gasteiger partial charge is 0.456 e. The van der Waals surface area contributed by atoms with Crippen molar-refractivity contribution in [2.75, 3.05) is 0 Å². The maximum atomic E-state index is 6.28. The van der Waals surface area contributed by atoms with Crippen molar-refractivity contribution < 1.29 is 4.42 Å². The first kappa shape index (κ1) is 31.2. The van der Waals surface area contributed by atoms with Gasteiger partial charge in [-0.25, -0.2) is 15.0 Å². The lowest BCUT2D eigenvalue weighted by Gasteiger charge is -2.15. The molecule has 3 aromatic heterocycles. The lowest BCUT2D eigenvalue weighted by Crippen LogP contribution is -2.01. The first-order valence-electron chi connectivity index (χ1n) is 18.8. The highest BCUT2D eigenvalue weighted by Crippen LogP contribution is 2.43. The van der Waals surface area contributed by atoms with Gasteiger partial charge in [-0.3, -0.25) is 0 Å². The molecule has 0 bridgehead atoms. The van der Waals surface area contributed by atoms with Gasteiger partial charge in [0.25, 0.3) is 0 Å². The summed E-state index contributed by atoms with van der Waals surface area (Å²) in [5.74, 6) is 1.91. The smallest absolute Gasteiger partial charge is 0.164 e. The van der Waals surface area contributed by atoms with Gasteiger partial charge >= 0.3 is 0 Å². The molecule has 0 atom stereocenters. The van der Waals surface area contributed by atoms with Gasteiger partial charge in [0.1, 0.15) is 11.2 Å². The molecular weight excluding hydrogens is 703 g/mol. The fourth-order valence-electron chi connectivity index (χ4n) is 8.61. The minimum absolute atomic E-state index is 0.620. The summed E-state index contributed by atoms with van der Waals surface area (Å²) in [6.07, 6.45) is 0. The van der Waals surface area contributed by atoms with Crippen molar-refractivity contribution in [3.05, 3.63) is 176 Å². The van der Waals surface area contributed by atoms with Gasteiger partial charge < -0.3 is 4.42 Å². The Morgan fingerprint density at radius 3 is 1.89 bits per heavy atom. The Bertz CT molecular complexity index is 3560. The van der Waals surface area contributed by atoms with Crippen LogP contribution in [-0.2, 0) is 0 Å². The van der Waals surface area contributed by atoms with Crippen LogP contribution in [0.4, 0.5) is 0 Å². The number of hydrogen-bond donors (Lipinski definition) is 0. The number of aromatic nitrogens is 3. The summed E-state index contributed by atoms with van der Waals surface area (Å²) in [6.45, 7) is 0. The normalized spacial score (nSPS) is 11.9. The van der Waals surface area contributed by atoms with Crippen molar-refractivity contribution in [2.45, 2.75) is 0 Å². The van der Waals surface area contributed by atoms with Crippen LogP contribution in [0, 0.1) is 0 Å². The fourth-order valence-corrected chi connectivity index (χ4v) is 9.74. The molecular formula is C51H29N3OS. The van der Waals surface area contributed by atoms with E-state index in [4.69, 9.17) is 19.4 Å². The third-order valence-corrected chi connectivity index (χ3v) is 12.2. The Morgan fingerprint density at radius 1 is 0.339 bits per heavy atom. The van der Waals surface area contributed by atoms with Crippen LogP contribution in [0.1, 0.15) is 0 Å². The molecule has 4 nitrogen and oxygen atoms in total. The Kier molecular flexibility index (Phi) is 6.76. The van der Waals surface area contributed by atoms with Gasteiger partial charge in [-0.2, -0.15) is 0 Å². The van der Waals surface area contributed by atoms with Gasteiger partial charge in [0, 0.05) is 53.0 Å². The molecule has 3 heterocycles. The van der Waals surface area contributed by atoms with E-state index in [0.717, 1.165) is 65.9 Å². The van der Waals surface area contributed by atoms with Crippen LogP contribution in [0.15, 0.2) is 180 Å². The monoisotopic (exact) mass is 731 g/mol. The first-order chi connectivity index (χ1) is 27.7. The Hall–Kier alpha value is -7.21. The van der Waals surface area contributed by atoms with E-state index in [1.165, 1.54) is 36.3 Å². The number of fused-ring (bicyclic) bond motifs is 11. The number of furan rings is 1. The summed E-state index contributed by atoms with van der Waals surface area (Å²) in [6, 6.07) is 62.1. The molecule has 0 fully saturated rings. The average molecular weight is 732 g/mol. The van der Waals surface area contributed by atoms with Crippen molar-refractivity contribution in [3.63, 3.8) is 0 Å². The van der Waals surface area contributed by atoms with Crippen LogP contribution < -0.4 is 0 Å². The number of rotatable bonds is 4. The quantitative estimate of drug-likeness (QED) is 0.169. The van der Waals surface area contributed by atoms with E-state index in [0.29, 0.717) is 17.5 Å². The summed E-state index contributed by atoms with van der Waals surface area (Å²) in [7, 11) is 0. The molecule has 12 aromatic rings. The van der Waals surface area contributed by atoms with Gasteiger partial charge in [-0.1, -0.05) is 140 Å². The van der Waals surface area contributed by atoms with Gasteiger partial charge in [0.2, 0.25) is 0 Å². The van der Waals surface area contributed by atoms with Crippen molar-refractivity contribution in [1.29, 1.82) is 0 Å². The van der Waals surface area contributed by atoms with Crippen molar-refractivity contribution in [1.82, 2.24) is 15.0 Å². The Labute approximate surface area is 325 Å². The molecule has 0 amide bonds. The van der Waals surface area contributed by atoms with Gasteiger partial charge in [-0.15, -0.1) is 11.3 Å². The average Bonchev–Trinajstić information content (AvgIpc) is 3.85. The molecule has 0 N–H and O–H groups in total. The summed E-state index contributed by atoms with van der Waals surface area (Å²) in [5, 5.41) is 11.6. The van der Waals surface area contributed by atoms with E-state index in [-0.39, 0.29) is 0 Å². The van der Waals surface area contributed by atoms with Crippen molar-refractivity contribution >= 4 is 85.8 Å². The molecule has 0 unspecified atom stereocenters. The van der Waals surface area contributed by atoms with Gasteiger partial charge in [0.15, 0.2) is 17.5 Å². The van der Waals surface area contributed by atoms with Crippen LogP contribution in [0.5, 0.6) is 0 Å². The molecule has 9 aromatic carbocycles.